The molecule has 0 aliphatic carbocycles. The van der Waals surface area contributed by atoms with Crippen LogP contribution >= 0.6 is 0 Å². The Kier molecular flexibility index (Phi) is 13.1. The molecule has 0 aromatic heterocycles. The van der Waals surface area contributed by atoms with E-state index >= 15 is 0 Å². The van der Waals surface area contributed by atoms with Crippen LogP contribution in [0.15, 0.2) is 126 Å². The van der Waals surface area contributed by atoms with Gasteiger partial charge >= 0.3 is 17.9 Å². The zero-order valence-corrected chi connectivity index (χ0v) is 34.5. The average Bonchev–Trinajstić information content (AvgIpc) is 3.16. The minimum absolute atomic E-state index is 0.243. The molecule has 1 saturated heterocycles. The van der Waals surface area contributed by atoms with Crippen molar-refractivity contribution in [1.82, 2.24) is 0 Å². The van der Waals surface area contributed by atoms with E-state index in [4.69, 9.17) is 23.7 Å². The number of ether oxygens (including phenoxy) is 5. The topological polar surface area (TPSA) is 114 Å². The molecule has 56 heavy (non-hydrogen) atoms. The average molecular weight is 783 g/mol. The van der Waals surface area contributed by atoms with Gasteiger partial charge in [0.05, 0.1) is 33.7 Å². The number of carbonyl (C=O) groups excluding carboxylic acids is 3. The fraction of sp³-hybridized carbons (Fsp3) is 0.413. The molecule has 1 heterocycles. The first-order chi connectivity index (χ1) is 26.3. The molecule has 1 fully saturated rings. The summed E-state index contributed by atoms with van der Waals surface area (Å²) >= 11 is 0. The van der Waals surface area contributed by atoms with Gasteiger partial charge in [-0.25, -0.2) is 0 Å². The lowest BCUT2D eigenvalue weighted by Crippen LogP contribution is -2.64. The van der Waals surface area contributed by atoms with E-state index in [9.17, 15) is 18.6 Å². The quantitative estimate of drug-likeness (QED) is 0.0841. The summed E-state index contributed by atoms with van der Waals surface area (Å²) in [5.41, 5.74) is -3.16. The fourth-order valence-corrected chi connectivity index (χ4v) is 7.54. The SMILES string of the molecule is CC(C)(C)C(=O)O[C@@H]1[C@@H](OC(=O)C(C)(C)C)[C@H](S(=O)c2ccccc2)O[C@H](COC(c2ccccc2)(c2ccccc2)c2ccccc2)[C@H]1OC(=O)C(C)(C)C. The number of hydrogen-bond donors (Lipinski definition) is 0. The molecule has 0 bridgehead atoms. The molecule has 0 N–H and O–H groups in total. The highest BCUT2D eigenvalue weighted by molar-refractivity contribution is 7.85. The van der Waals surface area contributed by atoms with Crippen molar-refractivity contribution < 1.29 is 42.3 Å². The Morgan fingerprint density at radius 1 is 0.518 bits per heavy atom. The van der Waals surface area contributed by atoms with Crippen LogP contribution in [0, 0.1) is 16.2 Å². The van der Waals surface area contributed by atoms with Crippen LogP contribution in [0.25, 0.3) is 0 Å². The Morgan fingerprint density at radius 3 is 1.23 bits per heavy atom. The maximum Gasteiger partial charge on any atom is 0.311 e. The Bertz CT molecular complexity index is 1850. The molecular weight excluding hydrogens is 729 g/mol. The fourth-order valence-electron chi connectivity index (χ4n) is 6.15. The number of esters is 3. The zero-order chi connectivity index (χ0) is 40.9. The van der Waals surface area contributed by atoms with Crippen molar-refractivity contribution in [2.24, 2.45) is 16.2 Å². The van der Waals surface area contributed by atoms with Gasteiger partial charge in [0.2, 0.25) is 0 Å². The van der Waals surface area contributed by atoms with Crippen molar-refractivity contribution in [2.45, 2.75) is 103 Å². The van der Waals surface area contributed by atoms with Gasteiger partial charge in [0.25, 0.3) is 0 Å². The molecule has 0 amide bonds. The Balaban J connectivity index is 1.72. The second kappa shape index (κ2) is 17.2. The van der Waals surface area contributed by atoms with Crippen LogP contribution in [0.5, 0.6) is 0 Å². The summed E-state index contributed by atoms with van der Waals surface area (Å²) in [5.74, 6) is -1.91. The molecule has 4 aromatic carbocycles. The summed E-state index contributed by atoms with van der Waals surface area (Å²) in [6.07, 6.45) is -5.45. The van der Waals surface area contributed by atoms with Gasteiger partial charge in [-0.2, -0.15) is 0 Å². The van der Waals surface area contributed by atoms with E-state index in [2.05, 4.69) is 0 Å². The van der Waals surface area contributed by atoms with Gasteiger partial charge < -0.3 is 23.7 Å². The summed E-state index contributed by atoms with van der Waals surface area (Å²) in [5, 5.41) is 0. The third-order valence-corrected chi connectivity index (χ3v) is 10.9. The van der Waals surface area contributed by atoms with E-state index < -0.39 is 80.4 Å². The third kappa shape index (κ3) is 9.65. The molecule has 5 rings (SSSR count). The molecular formula is C46H54O9S. The van der Waals surface area contributed by atoms with Crippen LogP contribution < -0.4 is 0 Å². The minimum Gasteiger partial charge on any atom is -0.455 e. The second-order valence-electron chi connectivity index (χ2n) is 17.1. The zero-order valence-electron chi connectivity index (χ0n) is 33.7. The van der Waals surface area contributed by atoms with E-state index in [1.165, 1.54) is 0 Å². The number of rotatable bonds is 11. The van der Waals surface area contributed by atoms with Crippen LogP contribution in [0.4, 0.5) is 0 Å². The van der Waals surface area contributed by atoms with Gasteiger partial charge in [-0.05, 0) is 91.1 Å². The lowest BCUT2D eigenvalue weighted by atomic mass is 9.80. The third-order valence-electron chi connectivity index (χ3n) is 9.35. The molecule has 6 atom stereocenters. The lowest BCUT2D eigenvalue weighted by molar-refractivity contribution is -0.250. The van der Waals surface area contributed by atoms with Crippen LogP contribution in [0.1, 0.15) is 79.0 Å². The lowest BCUT2D eigenvalue weighted by Gasteiger charge is -2.46. The van der Waals surface area contributed by atoms with Crippen molar-refractivity contribution in [3.63, 3.8) is 0 Å². The Hall–Kier alpha value is -4.64. The minimum atomic E-state index is -1.98. The molecule has 9 nitrogen and oxygen atoms in total. The molecule has 298 valence electrons. The van der Waals surface area contributed by atoms with Gasteiger partial charge in [0.1, 0.15) is 11.7 Å². The predicted octanol–water partition coefficient (Wildman–Crippen LogP) is 8.40. The van der Waals surface area contributed by atoms with E-state index in [-0.39, 0.29) is 6.61 Å². The summed E-state index contributed by atoms with van der Waals surface area (Å²) in [7, 11) is -1.98. The number of hydrogen-bond acceptors (Lipinski definition) is 9. The highest BCUT2D eigenvalue weighted by Crippen LogP contribution is 2.42. The number of carbonyl (C=O) groups is 3. The van der Waals surface area contributed by atoms with Crippen molar-refractivity contribution in [3.05, 3.63) is 138 Å². The molecule has 0 radical (unpaired) electrons. The van der Waals surface area contributed by atoms with E-state index in [1.54, 1.807) is 92.6 Å². The highest BCUT2D eigenvalue weighted by Gasteiger charge is 2.56. The van der Waals surface area contributed by atoms with Gasteiger partial charge in [-0.1, -0.05) is 109 Å². The smallest absolute Gasteiger partial charge is 0.311 e. The summed E-state index contributed by atoms with van der Waals surface area (Å²) in [6.45, 7) is 15.0. The maximum absolute atomic E-state index is 14.7. The largest absolute Gasteiger partial charge is 0.455 e. The molecule has 4 aromatic rings. The first-order valence-corrected chi connectivity index (χ1v) is 20.1. The molecule has 10 heteroatoms. The van der Waals surface area contributed by atoms with Crippen LogP contribution in [-0.4, -0.2) is 58.6 Å². The van der Waals surface area contributed by atoms with Crippen molar-refractivity contribution in [2.75, 3.05) is 6.61 Å². The van der Waals surface area contributed by atoms with E-state index in [1.807, 2.05) is 91.0 Å². The Labute approximate surface area is 333 Å². The van der Waals surface area contributed by atoms with Gasteiger partial charge in [0, 0.05) is 4.90 Å². The predicted molar refractivity (Wildman–Crippen MR) is 215 cm³/mol. The molecule has 0 saturated carbocycles. The second-order valence-corrected chi connectivity index (χ2v) is 18.6. The van der Waals surface area contributed by atoms with Gasteiger partial charge in [-0.15, -0.1) is 0 Å². The van der Waals surface area contributed by atoms with Crippen molar-refractivity contribution in [1.29, 1.82) is 0 Å². The molecule has 1 unspecified atom stereocenters. The summed E-state index contributed by atoms with van der Waals surface area (Å²) in [4.78, 5) is 41.8. The van der Waals surface area contributed by atoms with Crippen LogP contribution in [0.3, 0.4) is 0 Å². The van der Waals surface area contributed by atoms with E-state index in [0.29, 0.717) is 4.90 Å². The highest BCUT2D eigenvalue weighted by atomic mass is 32.2. The monoisotopic (exact) mass is 782 g/mol. The molecule has 1 aliphatic rings. The van der Waals surface area contributed by atoms with Crippen molar-refractivity contribution >= 4 is 28.7 Å². The Morgan fingerprint density at radius 2 is 0.857 bits per heavy atom. The van der Waals surface area contributed by atoms with Crippen LogP contribution in [-0.2, 0) is 54.5 Å². The van der Waals surface area contributed by atoms with E-state index in [0.717, 1.165) is 16.7 Å². The van der Waals surface area contributed by atoms with Gasteiger partial charge in [-0.3, -0.25) is 18.6 Å². The first-order valence-electron chi connectivity index (χ1n) is 18.9. The van der Waals surface area contributed by atoms with Crippen LogP contribution in [0.2, 0.25) is 0 Å². The maximum atomic E-state index is 14.7. The standard InChI is InChI=1S/C46H54O9S/c1-43(2,3)40(47)53-36-35(30-51-46(31-22-14-10-15-23-31,32-24-16-11-17-25-32)33-26-18-12-19-27-33)52-39(56(50)34-28-20-13-21-29-34)38(55-42(49)45(7,8)9)37(36)54-41(48)44(4,5)6/h10-29,35-39H,30H2,1-9H3/t35-,36-,37+,38-,39+,56?/m1/s1. The van der Waals surface area contributed by atoms with Crippen molar-refractivity contribution in [3.8, 4) is 0 Å². The molecule has 0 spiro atoms. The number of benzene rings is 4. The summed E-state index contributed by atoms with van der Waals surface area (Å²) < 4.78 is 47.4. The normalized spacial score (nSPS) is 21.1. The first kappa shape index (κ1) is 42.5. The summed E-state index contributed by atoms with van der Waals surface area (Å²) in [6, 6.07) is 37.8. The molecule has 1 aliphatic heterocycles. The van der Waals surface area contributed by atoms with Gasteiger partial charge in [0.15, 0.2) is 23.7 Å².